The van der Waals surface area contributed by atoms with Crippen molar-refractivity contribution in [1.29, 1.82) is 5.26 Å². The zero-order valence-corrected chi connectivity index (χ0v) is 15.2. The maximum atomic E-state index is 12.7. The van der Waals surface area contributed by atoms with Crippen molar-refractivity contribution in [2.75, 3.05) is 13.7 Å². The monoisotopic (exact) mass is 361 g/mol. The summed E-state index contributed by atoms with van der Waals surface area (Å²) in [5.74, 6) is 1.16. The number of methoxy groups -OCH3 is 1. The van der Waals surface area contributed by atoms with Gasteiger partial charge in [-0.2, -0.15) is 5.26 Å². The Balaban J connectivity index is 1.86. The number of allylic oxidation sites excluding steroid dienone is 1. The summed E-state index contributed by atoms with van der Waals surface area (Å²) in [6, 6.07) is 14.8. The highest BCUT2D eigenvalue weighted by Gasteiger charge is 2.17. The highest BCUT2D eigenvalue weighted by Crippen LogP contribution is 2.29. The van der Waals surface area contributed by atoms with Gasteiger partial charge < -0.3 is 13.9 Å². The maximum absolute atomic E-state index is 12.7. The zero-order chi connectivity index (χ0) is 19.2. The summed E-state index contributed by atoms with van der Waals surface area (Å²) < 4.78 is 16.4. The van der Waals surface area contributed by atoms with E-state index in [1.165, 1.54) is 13.2 Å². The van der Waals surface area contributed by atoms with Crippen LogP contribution in [0.2, 0.25) is 0 Å². The van der Waals surface area contributed by atoms with Crippen molar-refractivity contribution in [3.63, 3.8) is 0 Å². The smallest absolute Gasteiger partial charge is 0.221 e. The number of benzene rings is 2. The fourth-order valence-corrected chi connectivity index (χ4v) is 2.91. The zero-order valence-electron chi connectivity index (χ0n) is 15.2. The molecule has 0 saturated carbocycles. The van der Waals surface area contributed by atoms with Gasteiger partial charge in [-0.15, -0.1) is 0 Å². The van der Waals surface area contributed by atoms with Crippen LogP contribution in [0.25, 0.3) is 17.0 Å². The number of carbonyl (C=O) groups excluding carboxylic acids is 1. The van der Waals surface area contributed by atoms with Crippen molar-refractivity contribution < 1.29 is 18.7 Å². The first-order chi connectivity index (χ1) is 13.2. The van der Waals surface area contributed by atoms with Crippen molar-refractivity contribution >= 4 is 22.8 Å². The first kappa shape index (κ1) is 18.3. The van der Waals surface area contributed by atoms with Gasteiger partial charge in [-0.3, -0.25) is 4.79 Å². The van der Waals surface area contributed by atoms with Crippen LogP contribution in [0, 0.1) is 11.3 Å². The van der Waals surface area contributed by atoms with Gasteiger partial charge in [0.05, 0.1) is 7.11 Å². The van der Waals surface area contributed by atoms with Gasteiger partial charge in [-0.05, 0) is 36.3 Å². The molecule has 0 atom stereocenters. The van der Waals surface area contributed by atoms with E-state index in [1.807, 2.05) is 37.3 Å². The Hall–Kier alpha value is -3.52. The van der Waals surface area contributed by atoms with Gasteiger partial charge in [0.1, 0.15) is 11.7 Å². The van der Waals surface area contributed by atoms with Gasteiger partial charge in [0, 0.05) is 10.9 Å². The molecule has 136 valence electrons. The molecular formula is C22H19NO4. The lowest BCUT2D eigenvalue weighted by Gasteiger charge is -2.08. The number of ether oxygens (including phenoxy) is 2. The number of para-hydroxylation sites is 1. The normalized spacial score (nSPS) is 10.9. The maximum Gasteiger partial charge on any atom is 0.221 e. The molecule has 5 nitrogen and oxygen atoms in total. The van der Waals surface area contributed by atoms with Gasteiger partial charge >= 0.3 is 0 Å². The van der Waals surface area contributed by atoms with Gasteiger partial charge in [0.2, 0.25) is 5.78 Å². The molecule has 0 unspecified atom stereocenters. The third-order valence-corrected chi connectivity index (χ3v) is 4.18. The summed E-state index contributed by atoms with van der Waals surface area (Å²) in [7, 11) is 1.52. The van der Waals surface area contributed by atoms with Crippen LogP contribution >= 0.6 is 0 Å². The average molecular weight is 361 g/mol. The van der Waals surface area contributed by atoms with Crippen LogP contribution < -0.4 is 9.47 Å². The van der Waals surface area contributed by atoms with Gasteiger partial charge in [-0.25, -0.2) is 0 Å². The third kappa shape index (κ3) is 3.85. The number of furan rings is 1. The van der Waals surface area contributed by atoms with Crippen molar-refractivity contribution in [1.82, 2.24) is 0 Å². The number of rotatable bonds is 7. The molecule has 3 rings (SSSR count). The van der Waals surface area contributed by atoms with Gasteiger partial charge in [0.15, 0.2) is 23.9 Å². The van der Waals surface area contributed by atoms with Crippen molar-refractivity contribution in [2.24, 2.45) is 0 Å². The molecule has 0 aliphatic heterocycles. The van der Waals surface area contributed by atoms with E-state index in [2.05, 4.69) is 0 Å². The summed E-state index contributed by atoms with van der Waals surface area (Å²) >= 11 is 0. The Morgan fingerprint density at radius 3 is 2.78 bits per heavy atom. The number of aryl methyl sites for hydroxylation is 1. The van der Waals surface area contributed by atoms with Crippen LogP contribution in [0.3, 0.4) is 0 Å². The molecule has 0 saturated heterocycles. The predicted octanol–water partition coefficient (Wildman–Crippen LogP) is 4.80. The van der Waals surface area contributed by atoms with E-state index in [0.29, 0.717) is 29.3 Å². The molecule has 3 aromatic rings. The van der Waals surface area contributed by atoms with E-state index in [9.17, 15) is 4.79 Å². The van der Waals surface area contributed by atoms with Crippen LogP contribution in [-0.4, -0.2) is 19.5 Å². The number of carbonyl (C=O) groups is 1. The highest BCUT2D eigenvalue weighted by atomic mass is 16.5. The predicted molar refractivity (Wildman–Crippen MR) is 103 cm³/mol. The Bertz CT molecular complexity index is 1040. The van der Waals surface area contributed by atoms with Crippen LogP contribution in [0.5, 0.6) is 11.5 Å². The van der Waals surface area contributed by atoms with E-state index >= 15 is 0 Å². The molecule has 1 aromatic heterocycles. The van der Waals surface area contributed by atoms with Crippen molar-refractivity contribution in [2.45, 2.75) is 13.3 Å². The Morgan fingerprint density at radius 2 is 2.04 bits per heavy atom. The lowest BCUT2D eigenvalue weighted by Crippen LogP contribution is -1.97. The van der Waals surface area contributed by atoms with E-state index in [1.54, 1.807) is 24.3 Å². The molecular weight excluding hydrogens is 342 g/mol. The number of ketones is 1. The third-order valence-electron chi connectivity index (χ3n) is 4.18. The molecule has 0 aliphatic carbocycles. The molecule has 0 aliphatic rings. The van der Waals surface area contributed by atoms with Crippen molar-refractivity contribution in [3.05, 3.63) is 65.4 Å². The van der Waals surface area contributed by atoms with Crippen LogP contribution in [0.15, 0.2) is 53.0 Å². The van der Waals surface area contributed by atoms with Gasteiger partial charge in [0.25, 0.3) is 0 Å². The number of hydrogen-bond donors (Lipinski definition) is 0. The van der Waals surface area contributed by atoms with E-state index in [-0.39, 0.29) is 12.4 Å². The van der Waals surface area contributed by atoms with Crippen molar-refractivity contribution in [3.8, 4) is 17.6 Å². The Kier molecular flexibility index (Phi) is 5.58. The Morgan fingerprint density at radius 1 is 1.22 bits per heavy atom. The number of fused-ring (bicyclic) bond motifs is 1. The molecule has 0 amide bonds. The molecule has 1 heterocycles. The minimum absolute atomic E-state index is 0.0596. The van der Waals surface area contributed by atoms with E-state index < -0.39 is 0 Å². The van der Waals surface area contributed by atoms with Gasteiger partial charge in [-0.1, -0.05) is 37.3 Å². The molecule has 0 bridgehead atoms. The largest absolute Gasteiger partial charge is 0.493 e. The number of nitriles is 1. The second-order valence-corrected chi connectivity index (χ2v) is 5.81. The summed E-state index contributed by atoms with van der Waals surface area (Å²) in [4.78, 5) is 12.7. The molecule has 0 fully saturated rings. The first-order valence-corrected chi connectivity index (χ1v) is 8.58. The number of hydrogen-bond acceptors (Lipinski definition) is 5. The van der Waals surface area contributed by atoms with Crippen LogP contribution in [-0.2, 0) is 6.42 Å². The standard InChI is InChI=1S/C22H19NO4/c1-3-16-17-6-4-5-7-19(17)27-22(16)18(24)10-8-15-9-11-20(26-13-12-23)21(14-15)25-2/h4-11,14H,3,13H2,1-2H3/b10-8+. The molecule has 0 N–H and O–H groups in total. The van der Waals surface area contributed by atoms with Crippen LogP contribution in [0.4, 0.5) is 0 Å². The quantitative estimate of drug-likeness (QED) is 0.446. The molecule has 5 heteroatoms. The number of nitrogens with zero attached hydrogens (tertiary/aromatic N) is 1. The topological polar surface area (TPSA) is 72.5 Å². The summed E-state index contributed by atoms with van der Waals surface area (Å²) in [6.07, 6.45) is 3.90. The highest BCUT2D eigenvalue weighted by molar-refractivity contribution is 6.08. The average Bonchev–Trinajstić information content (AvgIpc) is 3.09. The second kappa shape index (κ2) is 8.24. The summed E-state index contributed by atoms with van der Waals surface area (Å²) in [5, 5.41) is 9.59. The van der Waals surface area contributed by atoms with E-state index in [0.717, 1.165) is 16.5 Å². The molecule has 0 radical (unpaired) electrons. The SMILES string of the molecule is CCc1c(C(=O)/C=C/c2ccc(OCC#N)c(OC)c2)oc2ccccc12. The minimum atomic E-state index is -0.188. The minimum Gasteiger partial charge on any atom is -0.493 e. The molecule has 0 spiro atoms. The van der Waals surface area contributed by atoms with Crippen LogP contribution in [0.1, 0.15) is 28.6 Å². The summed E-state index contributed by atoms with van der Waals surface area (Å²) in [6.45, 7) is 1.94. The fraction of sp³-hybridized carbons (Fsp3) is 0.182. The summed E-state index contributed by atoms with van der Waals surface area (Å²) in [5.41, 5.74) is 2.41. The molecule has 2 aromatic carbocycles. The Labute approximate surface area is 157 Å². The first-order valence-electron chi connectivity index (χ1n) is 8.58. The van der Waals surface area contributed by atoms with E-state index in [4.69, 9.17) is 19.2 Å². The fourth-order valence-electron chi connectivity index (χ4n) is 2.91. The lowest BCUT2D eigenvalue weighted by molar-refractivity contribution is 0.102. The second-order valence-electron chi connectivity index (χ2n) is 5.81. The lowest BCUT2D eigenvalue weighted by atomic mass is 10.1. The molecule has 27 heavy (non-hydrogen) atoms.